The third-order valence-electron chi connectivity index (χ3n) is 9.35. The van der Waals surface area contributed by atoms with Crippen LogP contribution in [0.15, 0.2) is 48.6 Å². The zero-order valence-corrected chi connectivity index (χ0v) is 31.1. The molecule has 1 aliphatic rings. The molecule has 0 bridgehead atoms. The van der Waals surface area contributed by atoms with Crippen molar-refractivity contribution >= 4 is 11.9 Å². The maximum absolute atomic E-state index is 12.6. The van der Waals surface area contributed by atoms with Gasteiger partial charge in [-0.25, -0.2) is 0 Å². The summed E-state index contributed by atoms with van der Waals surface area (Å²) in [4.78, 5) is 25.2. The van der Waals surface area contributed by atoms with Gasteiger partial charge in [0.1, 0.15) is 12.2 Å². The van der Waals surface area contributed by atoms with E-state index >= 15 is 0 Å². The van der Waals surface area contributed by atoms with E-state index in [1.807, 2.05) is 0 Å². The lowest BCUT2D eigenvalue weighted by Crippen LogP contribution is -2.30. The minimum absolute atomic E-state index is 0.132. The lowest BCUT2D eigenvalue weighted by atomic mass is 10.1. The van der Waals surface area contributed by atoms with Crippen LogP contribution in [0.1, 0.15) is 194 Å². The van der Waals surface area contributed by atoms with Crippen LogP contribution in [0.4, 0.5) is 0 Å². The Morgan fingerprint density at radius 1 is 0.468 bits per heavy atom. The third kappa shape index (κ3) is 26.5. The Bertz CT molecular complexity index is 786. The Morgan fingerprint density at radius 3 is 1.17 bits per heavy atom. The van der Waals surface area contributed by atoms with Crippen molar-refractivity contribution in [1.82, 2.24) is 0 Å². The van der Waals surface area contributed by atoms with E-state index in [1.165, 1.54) is 77.0 Å². The van der Waals surface area contributed by atoms with Gasteiger partial charge in [-0.1, -0.05) is 140 Å². The molecule has 270 valence electrons. The summed E-state index contributed by atoms with van der Waals surface area (Å²) in [6, 6.07) is 0. The highest BCUT2D eigenvalue weighted by atomic mass is 16.6. The van der Waals surface area contributed by atoms with Crippen LogP contribution < -0.4 is 0 Å². The second-order valence-corrected chi connectivity index (χ2v) is 13.8. The maximum atomic E-state index is 12.6. The number of esters is 2. The fraction of sp³-hybridized carbons (Fsp3) is 0.767. The van der Waals surface area contributed by atoms with Crippen molar-refractivity contribution in [2.45, 2.75) is 206 Å². The highest BCUT2D eigenvalue weighted by Crippen LogP contribution is 2.33. The average molecular weight is 655 g/mol. The number of rotatable bonds is 31. The van der Waals surface area contributed by atoms with Gasteiger partial charge in [-0.15, -0.1) is 0 Å². The van der Waals surface area contributed by atoms with Crippen molar-refractivity contribution in [3.8, 4) is 0 Å². The second-order valence-electron chi connectivity index (χ2n) is 13.8. The highest BCUT2D eigenvalue weighted by Gasteiger charge is 2.38. The topological polar surface area (TPSA) is 52.6 Å². The monoisotopic (exact) mass is 655 g/mol. The lowest BCUT2D eigenvalue weighted by molar-refractivity contribution is -0.165. The van der Waals surface area contributed by atoms with Gasteiger partial charge in [-0.3, -0.25) is 9.59 Å². The fourth-order valence-electron chi connectivity index (χ4n) is 6.26. The molecule has 0 amide bonds. The summed E-state index contributed by atoms with van der Waals surface area (Å²) in [6.07, 6.45) is 47.0. The fourth-order valence-corrected chi connectivity index (χ4v) is 6.26. The first-order valence-electron chi connectivity index (χ1n) is 20.1. The molecule has 1 unspecified atom stereocenters. The van der Waals surface area contributed by atoms with E-state index in [1.54, 1.807) is 0 Å². The van der Waals surface area contributed by atoms with Crippen molar-refractivity contribution in [2.75, 3.05) is 0 Å². The van der Waals surface area contributed by atoms with Gasteiger partial charge in [0.05, 0.1) is 0 Å². The Morgan fingerprint density at radius 2 is 0.809 bits per heavy atom. The molecular formula is C43H74O4. The molecule has 0 radical (unpaired) electrons. The predicted octanol–water partition coefficient (Wildman–Crippen LogP) is 13.3. The van der Waals surface area contributed by atoms with Gasteiger partial charge in [0.15, 0.2) is 0 Å². The van der Waals surface area contributed by atoms with E-state index in [0.29, 0.717) is 18.8 Å². The van der Waals surface area contributed by atoms with Crippen LogP contribution in [0, 0.1) is 5.92 Å². The molecule has 1 aliphatic carbocycles. The zero-order valence-electron chi connectivity index (χ0n) is 31.1. The number of unbranched alkanes of at least 4 members (excludes halogenated alkanes) is 16. The lowest BCUT2D eigenvalue weighted by Gasteiger charge is -2.20. The van der Waals surface area contributed by atoms with Crippen molar-refractivity contribution in [1.29, 1.82) is 0 Å². The van der Waals surface area contributed by atoms with Gasteiger partial charge in [-0.05, 0) is 95.8 Å². The summed E-state index contributed by atoms with van der Waals surface area (Å²) >= 11 is 0. The summed E-state index contributed by atoms with van der Waals surface area (Å²) in [7, 11) is 0. The van der Waals surface area contributed by atoms with Crippen LogP contribution in [0.3, 0.4) is 0 Å². The molecule has 0 N–H and O–H groups in total. The van der Waals surface area contributed by atoms with Crippen molar-refractivity contribution in [3.05, 3.63) is 48.6 Å². The smallest absolute Gasteiger partial charge is 0.306 e. The molecule has 0 aromatic heterocycles. The van der Waals surface area contributed by atoms with E-state index in [0.717, 1.165) is 83.5 Å². The molecule has 4 nitrogen and oxygen atoms in total. The SMILES string of the molecule is CCCCC/C=C\C/C=C\CCCCCCCC(=O)O[C@H]1CC(CC)C[C@H]1OC(=O)CCCCCCC/C=C\C/C=C\CCCCC. The molecule has 0 spiro atoms. The first-order chi connectivity index (χ1) is 23.1. The van der Waals surface area contributed by atoms with Crippen LogP contribution in [0.2, 0.25) is 0 Å². The minimum Gasteiger partial charge on any atom is -0.458 e. The van der Waals surface area contributed by atoms with Crippen molar-refractivity contribution in [2.24, 2.45) is 5.92 Å². The number of hydrogen-bond acceptors (Lipinski definition) is 4. The molecule has 3 atom stereocenters. The van der Waals surface area contributed by atoms with E-state index in [4.69, 9.17) is 9.47 Å². The minimum atomic E-state index is -0.279. The third-order valence-corrected chi connectivity index (χ3v) is 9.35. The van der Waals surface area contributed by atoms with Gasteiger partial charge in [0.25, 0.3) is 0 Å². The maximum Gasteiger partial charge on any atom is 0.306 e. The van der Waals surface area contributed by atoms with Crippen molar-refractivity contribution in [3.63, 3.8) is 0 Å². The molecule has 0 aromatic carbocycles. The number of ether oxygens (including phenoxy) is 2. The Kier molecular flexibility index (Phi) is 29.6. The van der Waals surface area contributed by atoms with Crippen LogP contribution in [0.5, 0.6) is 0 Å². The summed E-state index contributed by atoms with van der Waals surface area (Å²) in [5, 5.41) is 0. The molecule has 47 heavy (non-hydrogen) atoms. The molecule has 1 rings (SSSR count). The predicted molar refractivity (Wildman–Crippen MR) is 201 cm³/mol. The van der Waals surface area contributed by atoms with Crippen LogP contribution in [-0.4, -0.2) is 24.1 Å². The summed E-state index contributed by atoms with van der Waals surface area (Å²) in [5.74, 6) is 0.191. The van der Waals surface area contributed by atoms with E-state index in [-0.39, 0.29) is 24.1 Å². The van der Waals surface area contributed by atoms with Gasteiger partial charge >= 0.3 is 11.9 Å². The molecule has 0 aromatic rings. The van der Waals surface area contributed by atoms with Gasteiger partial charge in [0, 0.05) is 12.8 Å². The zero-order chi connectivity index (χ0) is 34.0. The van der Waals surface area contributed by atoms with Crippen LogP contribution in [-0.2, 0) is 19.1 Å². The van der Waals surface area contributed by atoms with Crippen LogP contribution >= 0.6 is 0 Å². The largest absolute Gasteiger partial charge is 0.458 e. The standard InChI is InChI=1S/C43H74O4/c1-4-7-9-11-13-15-17-19-21-23-25-27-29-31-33-35-42(44)46-40-37-39(6-3)38-41(40)47-43(45)36-34-32-30-28-26-24-22-20-18-16-14-12-10-8-5-2/h13-16,19-22,39-41H,4-12,17-18,23-38H2,1-3H3/b15-13-,16-14-,21-19-,22-20-/t39?,40-,41+. The molecule has 1 saturated carbocycles. The summed E-state index contributed by atoms with van der Waals surface area (Å²) in [5.41, 5.74) is 0. The second kappa shape index (κ2) is 32.4. The van der Waals surface area contributed by atoms with E-state index in [2.05, 4.69) is 69.4 Å². The summed E-state index contributed by atoms with van der Waals surface area (Å²) < 4.78 is 11.7. The van der Waals surface area contributed by atoms with Gasteiger partial charge in [0.2, 0.25) is 0 Å². The molecule has 4 heteroatoms. The van der Waals surface area contributed by atoms with Crippen molar-refractivity contribution < 1.29 is 19.1 Å². The average Bonchev–Trinajstić information content (AvgIpc) is 3.45. The van der Waals surface area contributed by atoms with Gasteiger partial charge in [-0.2, -0.15) is 0 Å². The number of allylic oxidation sites excluding steroid dienone is 8. The number of carbonyl (C=O) groups is 2. The molecule has 0 heterocycles. The van der Waals surface area contributed by atoms with Crippen LogP contribution in [0.25, 0.3) is 0 Å². The number of carbonyl (C=O) groups excluding carboxylic acids is 2. The normalized spacial score (nSPS) is 18.4. The Balaban J connectivity index is 2.09. The molecular weight excluding hydrogens is 580 g/mol. The Hall–Kier alpha value is -2.10. The first kappa shape index (κ1) is 42.9. The Labute approximate surface area is 291 Å². The quantitative estimate of drug-likeness (QED) is 0.0424. The van der Waals surface area contributed by atoms with E-state index < -0.39 is 0 Å². The first-order valence-corrected chi connectivity index (χ1v) is 20.1. The number of hydrogen-bond donors (Lipinski definition) is 0. The molecule has 0 aliphatic heterocycles. The van der Waals surface area contributed by atoms with E-state index in [9.17, 15) is 9.59 Å². The summed E-state index contributed by atoms with van der Waals surface area (Å²) in [6.45, 7) is 6.66. The van der Waals surface area contributed by atoms with Gasteiger partial charge < -0.3 is 9.47 Å². The molecule has 1 fully saturated rings. The highest BCUT2D eigenvalue weighted by molar-refractivity contribution is 5.70. The molecule has 0 saturated heterocycles.